The van der Waals surface area contributed by atoms with E-state index in [1.54, 1.807) is 11.4 Å². The van der Waals surface area contributed by atoms with Gasteiger partial charge in [0.1, 0.15) is 12.0 Å². The molecule has 0 spiro atoms. The minimum atomic E-state index is -0.289. The number of rotatable bonds is 2. The second-order valence-corrected chi connectivity index (χ2v) is 6.45. The van der Waals surface area contributed by atoms with Crippen LogP contribution in [0.1, 0.15) is 10.4 Å². The Morgan fingerprint density at radius 1 is 1.35 bits per heavy atom. The van der Waals surface area contributed by atoms with Crippen LogP contribution in [0.25, 0.3) is 0 Å². The van der Waals surface area contributed by atoms with Crippen molar-refractivity contribution in [3.05, 3.63) is 36.5 Å². The van der Waals surface area contributed by atoms with Gasteiger partial charge in [-0.25, -0.2) is 9.97 Å². The highest BCUT2D eigenvalue weighted by atomic mass is 127. The van der Waals surface area contributed by atoms with Crippen molar-refractivity contribution in [3.63, 3.8) is 0 Å². The molecule has 4 nitrogen and oxygen atoms in total. The molecule has 1 N–H and O–H groups in total. The number of hydrogen-bond donors (Lipinski definition) is 1. The van der Waals surface area contributed by atoms with E-state index in [4.69, 9.17) is 23.2 Å². The fraction of sp³-hybridized carbons (Fsp3) is 0. The number of aromatic nitrogens is 2. The maximum atomic E-state index is 11.9. The molecule has 0 aromatic carbocycles. The molecule has 2 rings (SSSR count). The first kappa shape index (κ1) is 13.0. The summed E-state index contributed by atoms with van der Waals surface area (Å²) in [6.07, 6.45) is 1.23. The molecule has 0 saturated carbocycles. The zero-order valence-electron chi connectivity index (χ0n) is 8.08. The minimum absolute atomic E-state index is 0.114. The molecular weight excluding hydrogens is 396 g/mol. The summed E-state index contributed by atoms with van der Waals surface area (Å²) < 4.78 is 1.02. The van der Waals surface area contributed by atoms with Crippen molar-refractivity contribution in [1.82, 2.24) is 9.97 Å². The number of carbonyl (C=O) groups excluding carboxylic acids is 1. The Balaban J connectivity index is 2.24. The van der Waals surface area contributed by atoms with E-state index in [1.807, 2.05) is 0 Å². The lowest BCUT2D eigenvalue weighted by Gasteiger charge is -2.06. The maximum absolute atomic E-state index is 11.9. The number of halogens is 3. The van der Waals surface area contributed by atoms with Crippen molar-refractivity contribution in [3.8, 4) is 0 Å². The van der Waals surface area contributed by atoms with Gasteiger partial charge in [-0.3, -0.25) is 4.79 Å². The Morgan fingerprint density at radius 3 is 2.53 bits per heavy atom. The third kappa shape index (κ3) is 3.06. The van der Waals surface area contributed by atoms with Gasteiger partial charge in [0.05, 0.1) is 8.45 Å². The van der Waals surface area contributed by atoms with Crippen molar-refractivity contribution in [2.45, 2.75) is 0 Å². The topological polar surface area (TPSA) is 54.9 Å². The largest absolute Gasteiger partial charge is 0.317 e. The van der Waals surface area contributed by atoms with Crippen LogP contribution < -0.4 is 5.32 Å². The number of hydrogen-bond acceptors (Lipinski definition) is 4. The molecule has 17 heavy (non-hydrogen) atoms. The van der Waals surface area contributed by atoms with E-state index in [9.17, 15) is 4.79 Å². The molecular formula is C9H4Cl2IN3OS. The van der Waals surface area contributed by atoms with Gasteiger partial charge in [0.2, 0.25) is 0 Å². The van der Waals surface area contributed by atoms with Gasteiger partial charge in [-0.1, -0.05) is 23.2 Å². The first-order chi connectivity index (χ1) is 8.08. The quantitative estimate of drug-likeness (QED) is 0.618. The third-order valence-corrected chi connectivity index (χ3v) is 4.19. The average molecular weight is 400 g/mol. The zero-order chi connectivity index (χ0) is 12.4. The van der Waals surface area contributed by atoms with Gasteiger partial charge in [-0.2, -0.15) is 0 Å². The Kier molecular flexibility index (Phi) is 4.18. The first-order valence-corrected chi connectivity index (χ1v) is 7.00. The van der Waals surface area contributed by atoms with Gasteiger partial charge in [0, 0.05) is 5.38 Å². The molecule has 0 aliphatic rings. The Morgan fingerprint density at radius 2 is 2.00 bits per heavy atom. The normalized spacial score (nSPS) is 10.3. The van der Waals surface area contributed by atoms with Crippen molar-refractivity contribution in [2.24, 2.45) is 0 Å². The zero-order valence-corrected chi connectivity index (χ0v) is 12.6. The fourth-order valence-corrected chi connectivity index (χ4v) is 2.80. The number of nitrogens with one attached hydrogen (secondary N) is 1. The van der Waals surface area contributed by atoms with Crippen molar-refractivity contribution < 1.29 is 4.79 Å². The SMILES string of the molecule is O=C(Nc1c(Cl)ncnc1Cl)c1csc(I)c1. The Hall–Kier alpha value is -0.440. The second kappa shape index (κ2) is 5.47. The van der Waals surface area contributed by atoms with E-state index in [-0.39, 0.29) is 21.9 Å². The van der Waals surface area contributed by atoms with Crippen molar-refractivity contribution in [2.75, 3.05) is 5.32 Å². The number of thiophene rings is 1. The molecule has 0 fully saturated rings. The maximum Gasteiger partial charge on any atom is 0.256 e. The highest BCUT2D eigenvalue weighted by Crippen LogP contribution is 2.26. The summed E-state index contributed by atoms with van der Waals surface area (Å²) in [5, 5.41) is 4.56. The van der Waals surface area contributed by atoms with Crippen LogP contribution in [0.5, 0.6) is 0 Å². The molecule has 2 heterocycles. The molecule has 88 valence electrons. The lowest BCUT2D eigenvalue weighted by Crippen LogP contribution is -2.12. The summed E-state index contributed by atoms with van der Waals surface area (Å²) in [4.78, 5) is 19.3. The molecule has 0 aliphatic carbocycles. The summed E-state index contributed by atoms with van der Waals surface area (Å²) in [6, 6.07) is 1.77. The second-order valence-electron chi connectivity index (χ2n) is 2.92. The van der Waals surface area contributed by atoms with Crippen LogP contribution in [-0.2, 0) is 0 Å². The fourth-order valence-electron chi connectivity index (χ4n) is 1.06. The minimum Gasteiger partial charge on any atom is -0.317 e. The van der Waals surface area contributed by atoms with Crippen molar-refractivity contribution in [1.29, 1.82) is 0 Å². The lowest BCUT2D eigenvalue weighted by molar-refractivity contribution is 0.102. The van der Waals surface area contributed by atoms with Gasteiger partial charge in [0.25, 0.3) is 5.91 Å². The standard InChI is InChI=1S/C9H4Cl2IN3OS/c10-7-6(8(11)14-3-13-7)15-9(16)4-1-5(12)17-2-4/h1-3H,(H,15,16). The molecule has 0 radical (unpaired) electrons. The van der Waals surface area contributed by atoms with E-state index < -0.39 is 0 Å². The van der Waals surface area contributed by atoms with E-state index in [0.717, 1.165) is 2.88 Å². The van der Waals surface area contributed by atoms with Crippen LogP contribution in [0.3, 0.4) is 0 Å². The monoisotopic (exact) mass is 399 g/mol. The molecule has 2 aromatic heterocycles. The molecule has 1 amide bonds. The predicted molar refractivity (Wildman–Crippen MR) is 77.0 cm³/mol. The molecule has 0 bridgehead atoms. The van der Waals surface area contributed by atoms with E-state index in [0.29, 0.717) is 5.56 Å². The van der Waals surface area contributed by atoms with Crippen LogP contribution in [0, 0.1) is 2.88 Å². The molecule has 8 heteroatoms. The highest BCUT2D eigenvalue weighted by molar-refractivity contribution is 14.1. The highest BCUT2D eigenvalue weighted by Gasteiger charge is 2.14. The Bertz CT molecular complexity index is 555. The number of amides is 1. The van der Waals surface area contributed by atoms with Gasteiger partial charge in [0.15, 0.2) is 10.3 Å². The van der Waals surface area contributed by atoms with E-state index in [2.05, 4.69) is 37.9 Å². The number of anilines is 1. The third-order valence-electron chi connectivity index (χ3n) is 1.82. The summed E-state index contributed by atoms with van der Waals surface area (Å²) in [5.41, 5.74) is 0.775. The van der Waals surface area contributed by atoms with Crippen LogP contribution >= 0.6 is 57.1 Å². The first-order valence-electron chi connectivity index (χ1n) is 4.29. The van der Waals surface area contributed by atoms with E-state index in [1.165, 1.54) is 17.7 Å². The molecule has 2 aromatic rings. The molecule has 0 unspecified atom stereocenters. The summed E-state index contributed by atoms with van der Waals surface area (Å²) in [7, 11) is 0. The van der Waals surface area contributed by atoms with Gasteiger partial charge < -0.3 is 5.32 Å². The number of nitrogens with zero attached hydrogens (tertiary/aromatic N) is 2. The van der Waals surface area contributed by atoms with Crippen LogP contribution in [-0.4, -0.2) is 15.9 Å². The summed E-state index contributed by atoms with van der Waals surface area (Å²) in [6.45, 7) is 0. The van der Waals surface area contributed by atoms with E-state index >= 15 is 0 Å². The van der Waals surface area contributed by atoms with Crippen molar-refractivity contribution >= 4 is 68.7 Å². The molecule has 0 atom stereocenters. The molecule has 0 aliphatic heterocycles. The Labute approximate surface area is 125 Å². The summed E-state index contributed by atoms with van der Waals surface area (Å²) in [5.74, 6) is -0.289. The van der Waals surface area contributed by atoms with Crippen LogP contribution in [0.4, 0.5) is 5.69 Å². The van der Waals surface area contributed by atoms with Crippen LogP contribution in [0.2, 0.25) is 10.3 Å². The van der Waals surface area contributed by atoms with Crippen LogP contribution in [0.15, 0.2) is 17.8 Å². The molecule has 0 saturated heterocycles. The lowest BCUT2D eigenvalue weighted by atomic mass is 10.3. The predicted octanol–water partition coefficient (Wildman–Crippen LogP) is 3.70. The van der Waals surface area contributed by atoms with Gasteiger partial charge in [-0.05, 0) is 28.7 Å². The number of carbonyl (C=O) groups is 1. The smallest absolute Gasteiger partial charge is 0.256 e. The average Bonchev–Trinajstić information content (AvgIpc) is 2.70. The van der Waals surface area contributed by atoms with Gasteiger partial charge in [-0.15, -0.1) is 11.3 Å². The summed E-state index contributed by atoms with van der Waals surface area (Å²) >= 11 is 15.3. The van der Waals surface area contributed by atoms with Gasteiger partial charge >= 0.3 is 0 Å².